The second-order valence-corrected chi connectivity index (χ2v) is 16.1. The summed E-state index contributed by atoms with van der Waals surface area (Å²) in [5, 5.41) is 4.26. The van der Waals surface area contributed by atoms with E-state index in [-0.39, 0.29) is 12.0 Å². The van der Waals surface area contributed by atoms with Gasteiger partial charge in [0.15, 0.2) is 0 Å². The van der Waals surface area contributed by atoms with E-state index in [1.807, 2.05) is 0 Å². The molecule has 0 saturated heterocycles. The van der Waals surface area contributed by atoms with Crippen LogP contribution in [0.4, 0.5) is 11.4 Å². The molecule has 0 aliphatic heterocycles. The topological polar surface area (TPSA) is 15.3 Å². The number of rotatable bonds is 8. The van der Waals surface area contributed by atoms with Gasteiger partial charge in [0.2, 0.25) is 0 Å². The summed E-state index contributed by atoms with van der Waals surface area (Å²) >= 11 is 0. The van der Waals surface area contributed by atoms with Crippen molar-refractivity contribution in [3.8, 4) is 0 Å². The summed E-state index contributed by atoms with van der Waals surface area (Å²) in [4.78, 5) is 2.53. The van der Waals surface area contributed by atoms with E-state index >= 15 is 0 Å². The van der Waals surface area contributed by atoms with E-state index < -0.39 is 0 Å². The van der Waals surface area contributed by atoms with Crippen molar-refractivity contribution in [3.05, 3.63) is 189 Å². The number of anilines is 2. The minimum atomic E-state index is 0.106. The van der Waals surface area contributed by atoms with Gasteiger partial charge in [0.1, 0.15) is 0 Å². The van der Waals surface area contributed by atoms with Crippen molar-refractivity contribution in [1.29, 1.82) is 0 Å². The smallest absolute Gasteiger partial charge is 0.0576 e. The van der Waals surface area contributed by atoms with Crippen molar-refractivity contribution in [2.75, 3.05) is 4.90 Å². The lowest BCUT2D eigenvalue weighted by atomic mass is 9.82. The van der Waals surface area contributed by atoms with Gasteiger partial charge in [-0.15, -0.1) is 0 Å². The van der Waals surface area contributed by atoms with E-state index in [2.05, 4.69) is 178 Å². The van der Waals surface area contributed by atoms with Gasteiger partial charge in [0.25, 0.3) is 0 Å². The third-order valence-corrected chi connectivity index (χ3v) is 11.8. The minimum Gasteiger partial charge on any atom is -0.377 e. The van der Waals surface area contributed by atoms with Crippen LogP contribution < -0.4 is 10.2 Å². The molecule has 4 aliphatic rings. The highest BCUT2D eigenvalue weighted by Crippen LogP contribution is 2.47. The van der Waals surface area contributed by atoms with Crippen molar-refractivity contribution >= 4 is 22.8 Å². The molecule has 2 nitrogen and oxygen atoms in total. The molecule has 2 bridgehead atoms. The largest absolute Gasteiger partial charge is 0.377 e. The quantitative estimate of drug-likeness (QED) is 0.197. The Morgan fingerprint density at radius 1 is 0.660 bits per heavy atom. The third-order valence-electron chi connectivity index (χ3n) is 11.8. The highest BCUT2D eigenvalue weighted by molar-refractivity contribution is 5.96. The van der Waals surface area contributed by atoms with Crippen LogP contribution in [0.25, 0.3) is 11.4 Å². The Hall–Kier alpha value is -5.08. The molecule has 1 saturated carbocycles. The number of nitrogens with one attached hydrogen (secondary N) is 1. The maximum atomic E-state index is 4.26. The molecule has 1 fully saturated rings. The van der Waals surface area contributed by atoms with Gasteiger partial charge in [0.05, 0.1) is 11.7 Å². The molecule has 4 aromatic carbocycles. The Bertz CT molecular complexity index is 2150. The highest BCUT2D eigenvalue weighted by Gasteiger charge is 2.32. The fourth-order valence-corrected chi connectivity index (χ4v) is 8.78. The lowest BCUT2D eigenvalue weighted by molar-refractivity contribution is 0.443. The molecule has 2 unspecified atom stereocenters. The molecular formula is C51H54N2. The average molecular weight is 695 g/mol. The van der Waals surface area contributed by atoms with Gasteiger partial charge in [-0.05, 0) is 104 Å². The third kappa shape index (κ3) is 7.30. The predicted octanol–water partition coefficient (Wildman–Crippen LogP) is 13.4. The molecule has 4 aliphatic carbocycles. The number of hydrogen-bond donors (Lipinski definition) is 1. The van der Waals surface area contributed by atoms with Crippen molar-refractivity contribution in [2.24, 2.45) is 5.92 Å². The Kier molecular flexibility index (Phi) is 9.97. The summed E-state index contributed by atoms with van der Waals surface area (Å²) in [6.45, 7) is 11.2. The zero-order valence-electron chi connectivity index (χ0n) is 32.2. The van der Waals surface area contributed by atoms with E-state index in [4.69, 9.17) is 0 Å². The van der Waals surface area contributed by atoms with Crippen LogP contribution in [-0.2, 0) is 0 Å². The number of fused-ring (bicyclic) bond motifs is 3. The average Bonchev–Trinajstić information content (AvgIpc) is 3.47. The van der Waals surface area contributed by atoms with Crippen molar-refractivity contribution in [3.63, 3.8) is 0 Å². The van der Waals surface area contributed by atoms with Crippen LogP contribution in [0.1, 0.15) is 105 Å². The van der Waals surface area contributed by atoms with E-state index in [1.54, 1.807) is 0 Å². The van der Waals surface area contributed by atoms with E-state index in [1.165, 1.54) is 111 Å². The van der Waals surface area contributed by atoms with Crippen LogP contribution in [0.2, 0.25) is 0 Å². The van der Waals surface area contributed by atoms with Crippen LogP contribution in [0, 0.1) is 19.8 Å². The van der Waals surface area contributed by atoms with E-state index in [0.717, 1.165) is 6.42 Å². The van der Waals surface area contributed by atoms with Gasteiger partial charge in [-0.3, -0.25) is 0 Å². The summed E-state index contributed by atoms with van der Waals surface area (Å²) in [5.74, 6) is 1.22. The maximum absolute atomic E-state index is 4.26. The fraction of sp³-hybridized carbons (Fsp3) is 0.294. The molecule has 0 spiro atoms. The molecule has 8 rings (SSSR count). The fourth-order valence-electron chi connectivity index (χ4n) is 8.78. The van der Waals surface area contributed by atoms with Crippen LogP contribution in [0.3, 0.4) is 0 Å². The molecule has 2 atom stereocenters. The molecule has 0 aromatic heterocycles. The summed E-state index contributed by atoms with van der Waals surface area (Å²) in [6, 6.07) is 36.8. The Labute approximate surface area is 318 Å². The van der Waals surface area contributed by atoms with E-state index in [9.17, 15) is 0 Å². The number of benzene rings is 4. The number of hydrogen-bond acceptors (Lipinski definition) is 2. The molecule has 0 amide bonds. The molecule has 0 radical (unpaired) electrons. The first-order valence-corrected chi connectivity index (χ1v) is 19.9. The van der Waals surface area contributed by atoms with Gasteiger partial charge >= 0.3 is 0 Å². The summed E-state index contributed by atoms with van der Waals surface area (Å²) < 4.78 is 0. The zero-order chi connectivity index (χ0) is 36.5. The number of para-hydroxylation sites is 1. The first kappa shape index (κ1) is 35.0. The summed E-state index contributed by atoms with van der Waals surface area (Å²) in [7, 11) is 0. The van der Waals surface area contributed by atoms with Gasteiger partial charge in [-0.2, -0.15) is 0 Å². The van der Waals surface area contributed by atoms with Crippen molar-refractivity contribution in [1.82, 2.24) is 5.32 Å². The molecule has 4 aromatic rings. The van der Waals surface area contributed by atoms with Gasteiger partial charge in [-0.1, -0.05) is 153 Å². The Balaban J connectivity index is 1.36. The lowest BCUT2D eigenvalue weighted by Gasteiger charge is -2.33. The molecule has 53 heavy (non-hydrogen) atoms. The Morgan fingerprint density at radius 3 is 2.06 bits per heavy atom. The van der Waals surface area contributed by atoms with Crippen molar-refractivity contribution < 1.29 is 0 Å². The van der Waals surface area contributed by atoms with Gasteiger partial charge in [0, 0.05) is 40.5 Å². The van der Waals surface area contributed by atoms with Crippen LogP contribution in [0.5, 0.6) is 0 Å². The normalized spacial score (nSPS) is 20.1. The predicted molar refractivity (Wildman–Crippen MR) is 226 cm³/mol. The lowest BCUT2D eigenvalue weighted by Crippen LogP contribution is -2.33. The molecule has 268 valence electrons. The standard InChI is InChI=1S/C51H54N2/c1-34(2)40-23-24-42-32-43(31-40)50(52-49-29-20-37(5)30-47(49)39-21-16-35(3)17-22-39)46-28-25-41(38-12-8-6-9-13-38)33-48(46)51(42)53(44-14-10-7-11-15-44)45-26-18-36(4)19-27-45/h7,10-11,14-31,33-34,38,47,49,52H,6,8-9,12-13,32H2,1-5H3. The SMILES string of the molecule is CC1=CC(c2ccc(C)cc2)C(NC2=C3C=C(C(C)C)C=CC(=C(N(c4ccccc4)c4ccc(C)cc4)c4cc(C5CCCCC5)ccc42)C3)C=C1. The molecular weight excluding hydrogens is 641 g/mol. The second kappa shape index (κ2) is 15.1. The molecule has 0 heterocycles. The zero-order valence-corrected chi connectivity index (χ0v) is 32.2. The summed E-state index contributed by atoms with van der Waals surface area (Å²) in [6.07, 6.45) is 21.8. The highest BCUT2D eigenvalue weighted by atomic mass is 15.2. The molecule has 2 heteroatoms. The van der Waals surface area contributed by atoms with Gasteiger partial charge in [-0.25, -0.2) is 0 Å². The molecule has 1 N–H and O–H groups in total. The second-order valence-electron chi connectivity index (χ2n) is 16.1. The first-order valence-electron chi connectivity index (χ1n) is 19.9. The van der Waals surface area contributed by atoms with E-state index in [0.29, 0.717) is 11.8 Å². The number of allylic oxidation sites excluding steroid dienone is 8. The minimum absolute atomic E-state index is 0.106. The number of aryl methyl sites for hydroxylation is 2. The summed E-state index contributed by atoms with van der Waals surface area (Å²) in [5.41, 5.74) is 18.3. The van der Waals surface area contributed by atoms with Crippen molar-refractivity contribution in [2.45, 2.75) is 91.0 Å². The van der Waals surface area contributed by atoms with Crippen LogP contribution in [-0.4, -0.2) is 6.04 Å². The first-order chi connectivity index (χ1) is 25.8. The van der Waals surface area contributed by atoms with Gasteiger partial charge < -0.3 is 10.2 Å². The van der Waals surface area contributed by atoms with Crippen LogP contribution in [0.15, 0.2) is 156 Å². The number of nitrogens with zero attached hydrogens (tertiary/aromatic N) is 1. The monoisotopic (exact) mass is 694 g/mol. The maximum Gasteiger partial charge on any atom is 0.0576 e. The Morgan fingerprint density at radius 2 is 1.34 bits per heavy atom. The van der Waals surface area contributed by atoms with Crippen LogP contribution >= 0.6 is 0 Å².